The van der Waals surface area contributed by atoms with Crippen LogP contribution in [0.15, 0.2) is 28.8 Å². The zero-order valence-corrected chi connectivity index (χ0v) is 17.7. The van der Waals surface area contributed by atoms with E-state index in [-0.39, 0.29) is 5.41 Å². The third kappa shape index (κ3) is 4.37. The lowest BCUT2D eigenvalue weighted by molar-refractivity contribution is -0.146. The van der Waals surface area contributed by atoms with Crippen LogP contribution in [-0.4, -0.2) is 52.0 Å². The Kier molecular flexibility index (Phi) is 5.99. The average molecular weight is 397 g/mol. The van der Waals surface area contributed by atoms with Gasteiger partial charge in [0.2, 0.25) is 17.6 Å². The summed E-state index contributed by atoms with van der Waals surface area (Å²) in [5.74, 6) is 1.66. The van der Waals surface area contributed by atoms with E-state index >= 15 is 0 Å². The molecule has 4 rings (SSSR count). The van der Waals surface area contributed by atoms with Crippen molar-refractivity contribution >= 4 is 5.91 Å². The first kappa shape index (κ1) is 20.1. The van der Waals surface area contributed by atoms with E-state index in [1.165, 1.54) is 24.8 Å². The van der Waals surface area contributed by atoms with Gasteiger partial charge in [-0.1, -0.05) is 61.2 Å². The molecule has 0 N–H and O–H groups in total. The van der Waals surface area contributed by atoms with E-state index in [2.05, 4.69) is 45.9 Å². The molecular weight excluding hydrogens is 364 g/mol. The number of nitrogens with zero attached hydrogens (tertiary/aromatic N) is 4. The van der Waals surface area contributed by atoms with Gasteiger partial charge >= 0.3 is 0 Å². The van der Waals surface area contributed by atoms with Crippen molar-refractivity contribution in [3.63, 3.8) is 0 Å². The third-order valence-electron chi connectivity index (χ3n) is 6.74. The van der Waals surface area contributed by atoms with Crippen LogP contribution < -0.4 is 0 Å². The fourth-order valence-corrected chi connectivity index (χ4v) is 4.72. The molecule has 0 bridgehead atoms. The van der Waals surface area contributed by atoms with Crippen molar-refractivity contribution in [3.05, 3.63) is 35.7 Å². The molecule has 1 aromatic heterocycles. The predicted octanol–water partition coefficient (Wildman–Crippen LogP) is 4.05. The van der Waals surface area contributed by atoms with E-state index in [0.29, 0.717) is 24.2 Å². The first-order valence-electron chi connectivity index (χ1n) is 11.0. The van der Waals surface area contributed by atoms with Crippen LogP contribution in [0.2, 0.25) is 0 Å². The fraction of sp³-hybridized carbons (Fsp3) is 0.609. The Bertz CT molecular complexity index is 816. The minimum Gasteiger partial charge on any atom is -0.340 e. The highest BCUT2D eigenvalue weighted by molar-refractivity contribution is 5.83. The summed E-state index contributed by atoms with van der Waals surface area (Å²) in [5, 5.41) is 4.13. The van der Waals surface area contributed by atoms with Crippen molar-refractivity contribution in [2.24, 2.45) is 5.41 Å². The molecule has 0 radical (unpaired) electrons. The maximum absolute atomic E-state index is 13.2. The molecule has 1 saturated carbocycles. The molecule has 1 saturated heterocycles. The summed E-state index contributed by atoms with van der Waals surface area (Å²) < 4.78 is 5.47. The van der Waals surface area contributed by atoms with Gasteiger partial charge < -0.3 is 9.42 Å². The molecule has 1 aliphatic heterocycles. The monoisotopic (exact) mass is 396 g/mol. The number of hydrogen-bond donors (Lipinski definition) is 0. The van der Waals surface area contributed by atoms with Crippen molar-refractivity contribution in [2.45, 2.75) is 58.9 Å². The van der Waals surface area contributed by atoms with Crippen LogP contribution >= 0.6 is 0 Å². The zero-order valence-electron chi connectivity index (χ0n) is 17.7. The lowest BCUT2D eigenvalue weighted by Crippen LogP contribution is -2.53. The van der Waals surface area contributed by atoms with Gasteiger partial charge in [-0.15, -0.1) is 0 Å². The topological polar surface area (TPSA) is 62.5 Å². The molecule has 29 heavy (non-hydrogen) atoms. The summed E-state index contributed by atoms with van der Waals surface area (Å²) in [6.45, 7) is 8.17. The molecule has 0 unspecified atom stereocenters. The first-order valence-corrected chi connectivity index (χ1v) is 11.0. The number of piperazine rings is 1. The summed E-state index contributed by atoms with van der Waals surface area (Å²) in [4.78, 5) is 22.2. The third-order valence-corrected chi connectivity index (χ3v) is 6.74. The molecule has 1 aromatic carbocycles. The average Bonchev–Trinajstić information content (AvgIpc) is 3.23. The van der Waals surface area contributed by atoms with Gasteiger partial charge in [-0.25, -0.2) is 0 Å². The van der Waals surface area contributed by atoms with Gasteiger partial charge in [0.1, 0.15) is 0 Å². The first-order chi connectivity index (χ1) is 14.1. The van der Waals surface area contributed by atoms with Gasteiger partial charge in [0, 0.05) is 37.2 Å². The van der Waals surface area contributed by atoms with Crippen molar-refractivity contribution in [1.29, 1.82) is 0 Å². The Hall–Kier alpha value is -2.21. The fourth-order valence-electron chi connectivity index (χ4n) is 4.72. The van der Waals surface area contributed by atoms with E-state index < -0.39 is 0 Å². The Morgan fingerprint density at radius 1 is 1.07 bits per heavy atom. The molecule has 6 heteroatoms. The number of aromatic nitrogens is 2. The van der Waals surface area contributed by atoms with Gasteiger partial charge in [-0.3, -0.25) is 9.69 Å². The van der Waals surface area contributed by atoms with Crippen molar-refractivity contribution < 1.29 is 9.32 Å². The number of hydrogen-bond acceptors (Lipinski definition) is 5. The maximum atomic E-state index is 13.2. The Morgan fingerprint density at radius 3 is 2.41 bits per heavy atom. The standard InChI is InChI=1S/C23H32N4O2/c1-3-23(11-5-4-6-12-23)22(28)27-15-13-26(14-16-27)17-20-24-21(25-29-20)19-9-7-18(2)8-10-19/h7-10H,3-6,11-17H2,1-2H3. The second kappa shape index (κ2) is 8.66. The number of aryl methyl sites for hydroxylation is 1. The van der Waals surface area contributed by atoms with E-state index in [9.17, 15) is 4.79 Å². The van der Waals surface area contributed by atoms with Gasteiger partial charge in [0.25, 0.3) is 0 Å². The molecular formula is C23H32N4O2. The molecule has 2 aliphatic rings. The lowest BCUT2D eigenvalue weighted by Gasteiger charge is -2.42. The Balaban J connectivity index is 1.32. The highest BCUT2D eigenvalue weighted by atomic mass is 16.5. The molecule has 2 aromatic rings. The molecule has 0 atom stereocenters. The minimum atomic E-state index is -0.101. The number of amides is 1. The summed E-state index contributed by atoms with van der Waals surface area (Å²) in [6.07, 6.45) is 6.76. The number of benzene rings is 1. The van der Waals surface area contributed by atoms with Crippen LogP contribution in [0.4, 0.5) is 0 Å². The molecule has 2 fully saturated rings. The zero-order chi connectivity index (χ0) is 20.3. The summed E-state index contributed by atoms with van der Waals surface area (Å²) in [6, 6.07) is 8.14. The van der Waals surface area contributed by atoms with Crippen LogP contribution in [0.1, 0.15) is 56.9 Å². The van der Waals surface area contributed by atoms with Gasteiger partial charge in [-0.05, 0) is 26.2 Å². The van der Waals surface area contributed by atoms with E-state index in [0.717, 1.165) is 51.0 Å². The second-order valence-corrected chi connectivity index (χ2v) is 8.64. The summed E-state index contributed by atoms with van der Waals surface area (Å²) in [5.41, 5.74) is 2.08. The van der Waals surface area contributed by atoms with Gasteiger partial charge in [0.15, 0.2) is 0 Å². The predicted molar refractivity (Wildman–Crippen MR) is 112 cm³/mol. The van der Waals surface area contributed by atoms with Crippen LogP contribution in [-0.2, 0) is 11.3 Å². The van der Waals surface area contributed by atoms with Gasteiger partial charge in [0.05, 0.1) is 6.54 Å². The molecule has 1 amide bonds. The van der Waals surface area contributed by atoms with Crippen molar-refractivity contribution in [2.75, 3.05) is 26.2 Å². The molecule has 1 aliphatic carbocycles. The van der Waals surface area contributed by atoms with E-state index in [1.54, 1.807) is 0 Å². The van der Waals surface area contributed by atoms with Crippen LogP contribution in [0, 0.1) is 12.3 Å². The smallest absolute Gasteiger partial charge is 0.241 e. The van der Waals surface area contributed by atoms with Crippen molar-refractivity contribution in [3.8, 4) is 11.4 Å². The second-order valence-electron chi connectivity index (χ2n) is 8.64. The maximum Gasteiger partial charge on any atom is 0.241 e. The normalized spacial score (nSPS) is 20.0. The number of carbonyl (C=O) groups is 1. The summed E-state index contributed by atoms with van der Waals surface area (Å²) in [7, 11) is 0. The van der Waals surface area contributed by atoms with E-state index in [4.69, 9.17) is 4.52 Å². The minimum absolute atomic E-state index is 0.101. The highest BCUT2D eigenvalue weighted by Crippen LogP contribution is 2.41. The highest BCUT2D eigenvalue weighted by Gasteiger charge is 2.41. The van der Waals surface area contributed by atoms with E-state index in [1.807, 2.05) is 12.1 Å². The molecule has 2 heterocycles. The molecule has 0 spiro atoms. The SMILES string of the molecule is CCC1(C(=O)N2CCN(Cc3nc(-c4ccc(C)cc4)no3)CC2)CCCCC1. The van der Waals surface area contributed by atoms with Crippen LogP contribution in [0.3, 0.4) is 0 Å². The quantitative estimate of drug-likeness (QED) is 0.763. The number of rotatable bonds is 5. The Labute approximate surface area is 173 Å². The van der Waals surface area contributed by atoms with Gasteiger partial charge in [-0.2, -0.15) is 4.98 Å². The van der Waals surface area contributed by atoms with Crippen molar-refractivity contribution in [1.82, 2.24) is 19.9 Å². The molecule has 156 valence electrons. The largest absolute Gasteiger partial charge is 0.340 e. The molecule has 6 nitrogen and oxygen atoms in total. The van der Waals surface area contributed by atoms with Crippen LogP contribution in [0.25, 0.3) is 11.4 Å². The lowest BCUT2D eigenvalue weighted by atomic mass is 9.71. The number of carbonyl (C=O) groups excluding carboxylic acids is 1. The van der Waals surface area contributed by atoms with Crippen LogP contribution in [0.5, 0.6) is 0 Å². The summed E-state index contributed by atoms with van der Waals surface area (Å²) >= 11 is 0. The Morgan fingerprint density at radius 2 is 1.76 bits per heavy atom.